The normalized spacial score (nSPS) is 10.3. The predicted octanol–water partition coefficient (Wildman–Crippen LogP) is 2.97. The minimum absolute atomic E-state index is 0.00338. The van der Waals surface area contributed by atoms with Gasteiger partial charge in [-0.3, -0.25) is 10.1 Å². The Balaban J connectivity index is 2.48. The maximum absolute atomic E-state index is 11.4. The second-order valence-corrected chi connectivity index (χ2v) is 4.23. The summed E-state index contributed by atoms with van der Waals surface area (Å²) >= 11 is 3.26. The highest BCUT2D eigenvalue weighted by Gasteiger charge is 2.17. The molecule has 2 heterocycles. The number of carbonyl (C=O) groups is 2. The first-order valence-corrected chi connectivity index (χ1v) is 5.92. The van der Waals surface area contributed by atoms with Crippen molar-refractivity contribution < 1.29 is 18.7 Å². The van der Waals surface area contributed by atoms with Gasteiger partial charge in [0.1, 0.15) is 5.69 Å². The molecular weight excluding hydrogens is 304 g/mol. The Morgan fingerprint density at radius 3 is 3.11 bits per heavy atom. The molecule has 0 atom stereocenters. The summed E-state index contributed by atoms with van der Waals surface area (Å²) in [6.07, 6.45) is 1.40. The molecule has 0 unspecified atom stereocenters. The van der Waals surface area contributed by atoms with Gasteiger partial charge >= 0.3 is 6.09 Å². The summed E-state index contributed by atoms with van der Waals surface area (Å²) in [5.74, 6) is 0.00338. The van der Waals surface area contributed by atoms with Gasteiger partial charge in [0.05, 0.1) is 12.0 Å². The molecule has 1 amide bonds. The van der Waals surface area contributed by atoms with Gasteiger partial charge in [-0.25, -0.2) is 9.78 Å². The standard InChI is InChI=1S/C11H9BrN2O4/c1-2-17-11(16)14-9-7-3-6(12)4-13-10(7)18-8(9)5-15/h3-5H,2H2,1H3,(H,14,16). The Morgan fingerprint density at radius 1 is 1.67 bits per heavy atom. The Morgan fingerprint density at radius 2 is 2.44 bits per heavy atom. The Labute approximate surface area is 110 Å². The van der Waals surface area contributed by atoms with Crippen molar-refractivity contribution in [2.45, 2.75) is 6.92 Å². The number of amides is 1. The molecule has 18 heavy (non-hydrogen) atoms. The monoisotopic (exact) mass is 312 g/mol. The summed E-state index contributed by atoms with van der Waals surface area (Å²) in [4.78, 5) is 26.3. The van der Waals surface area contributed by atoms with Crippen LogP contribution in [0.1, 0.15) is 17.5 Å². The number of nitrogens with zero attached hydrogens (tertiary/aromatic N) is 1. The van der Waals surface area contributed by atoms with Crippen LogP contribution in [-0.4, -0.2) is 24.0 Å². The van der Waals surface area contributed by atoms with Crippen LogP contribution in [-0.2, 0) is 4.74 Å². The highest BCUT2D eigenvalue weighted by molar-refractivity contribution is 9.10. The minimum atomic E-state index is -0.650. The van der Waals surface area contributed by atoms with Crippen LogP contribution in [0, 0.1) is 0 Å². The van der Waals surface area contributed by atoms with Crippen LogP contribution in [0.15, 0.2) is 21.2 Å². The summed E-state index contributed by atoms with van der Waals surface area (Å²) in [5, 5.41) is 2.99. The predicted molar refractivity (Wildman–Crippen MR) is 67.7 cm³/mol. The fourth-order valence-corrected chi connectivity index (χ4v) is 1.79. The minimum Gasteiger partial charge on any atom is -0.450 e. The molecule has 0 saturated carbocycles. The molecule has 0 aliphatic heterocycles. The van der Waals surface area contributed by atoms with Gasteiger partial charge in [-0.1, -0.05) is 0 Å². The van der Waals surface area contributed by atoms with E-state index in [1.165, 1.54) is 6.20 Å². The largest absolute Gasteiger partial charge is 0.450 e. The number of nitrogens with one attached hydrogen (secondary N) is 1. The van der Waals surface area contributed by atoms with E-state index in [9.17, 15) is 9.59 Å². The van der Waals surface area contributed by atoms with Gasteiger partial charge in [0.25, 0.3) is 0 Å². The van der Waals surface area contributed by atoms with Crippen LogP contribution in [0.3, 0.4) is 0 Å². The van der Waals surface area contributed by atoms with Crippen molar-refractivity contribution >= 4 is 45.1 Å². The molecule has 0 fully saturated rings. The van der Waals surface area contributed by atoms with E-state index in [0.29, 0.717) is 16.1 Å². The molecule has 2 aromatic rings. The average Bonchev–Trinajstić information content (AvgIpc) is 2.67. The van der Waals surface area contributed by atoms with E-state index in [0.717, 1.165) is 0 Å². The number of aromatic nitrogens is 1. The molecule has 1 N–H and O–H groups in total. The molecule has 0 saturated heterocycles. The van der Waals surface area contributed by atoms with Gasteiger partial charge < -0.3 is 9.15 Å². The second-order valence-electron chi connectivity index (χ2n) is 3.31. The molecule has 94 valence electrons. The SMILES string of the molecule is CCOC(=O)Nc1c(C=O)oc2ncc(Br)cc12. The molecule has 0 aliphatic carbocycles. The number of halogens is 1. The van der Waals surface area contributed by atoms with Crippen LogP contribution < -0.4 is 5.32 Å². The first-order valence-electron chi connectivity index (χ1n) is 5.12. The summed E-state index contributed by atoms with van der Waals surface area (Å²) in [7, 11) is 0. The third-order valence-corrected chi connectivity index (χ3v) is 2.58. The first-order chi connectivity index (χ1) is 8.65. The summed E-state index contributed by atoms with van der Waals surface area (Å²) in [6.45, 7) is 1.92. The van der Waals surface area contributed by atoms with Crippen molar-refractivity contribution in [3.05, 3.63) is 22.5 Å². The molecular formula is C11H9BrN2O4. The second kappa shape index (κ2) is 5.18. The number of hydrogen-bond acceptors (Lipinski definition) is 5. The number of rotatable bonds is 3. The summed E-state index contributed by atoms with van der Waals surface area (Å²) < 4.78 is 10.7. The molecule has 2 aromatic heterocycles. The molecule has 7 heteroatoms. The number of furan rings is 1. The number of ether oxygens (including phenoxy) is 1. The number of carbonyl (C=O) groups excluding carboxylic acids is 2. The number of aldehydes is 1. The van der Waals surface area contributed by atoms with Crippen LogP contribution >= 0.6 is 15.9 Å². The van der Waals surface area contributed by atoms with Crippen LogP contribution in [0.2, 0.25) is 0 Å². The van der Waals surface area contributed by atoms with Gasteiger partial charge in [0.2, 0.25) is 5.71 Å². The number of pyridine rings is 1. The Hall–Kier alpha value is -1.89. The quantitative estimate of drug-likeness (QED) is 0.881. The molecule has 0 aromatic carbocycles. The van der Waals surface area contributed by atoms with E-state index >= 15 is 0 Å². The van der Waals surface area contributed by atoms with E-state index in [1.54, 1.807) is 13.0 Å². The summed E-state index contributed by atoms with van der Waals surface area (Å²) in [5.41, 5.74) is 0.527. The molecule has 0 bridgehead atoms. The third kappa shape index (κ3) is 2.35. The summed E-state index contributed by atoms with van der Waals surface area (Å²) in [6, 6.07) is 1.69. The van der Waals surface area contributed by atoms with E-state index in [-0.39, 0.29) is 23.8 Å². The maximum atomic E-state index is 11.4. The zero-order valence-electron chi connectivity index (χ0n) is 9.40. The zero-order valence-corrected chi connectivity index (χ0v) is 11.0. The molecule has 2 rings (SSSR count). The topological polar surface area (TPSA) is 81.4 Å². The van der Waals surface area contributed by atoms with Gasteiger partial charge in [-0.2, -0.15) is 0 Å². The van der Waals surface area contributed by atoms with E-state index in [4.69, 9.17) is 9.15 Å². The van der Waals surface area contributed by atoms with Crippen molar-refractivity contribution in [1.29, 1.82) is 0 Å². The van der Waals surface area contributed by atoms with Crippen molar-refractivity contribution in [2.24, 2.45) is 0 Å². The Bertz CT molecular complexity index is 608. The van der Waals surface area contributed by atoms with Gasteiger partial charge in [-0.15, -0.1) is 0 Å². The van der Waals surface area contributed by atoms with Gasteiger partial charge in [0.15, 0.2) is 12.0 Å². The number of hydrogen-bond donors (Lipinski definition) is 1. The van der Waals surface area contributed by atoms with Crippen LogP contribution in [0.4, 0.5) is 10.5 Å². The molecule has 0 spiro atoms. The van der Waals surface area contributed by atoms with Crippen molar-refractivity contribution in [1.82, 2.24) is 4.98 Å². The molecule has 0 radical (unpaired) electrons. The van der Waals surface area contributed by atoms with Gasteiger partial charge in [-0.05, 0) is 28.9 Å². The number of anilines is 1. The van der Waals surface area contributed by atoms with Crippen molar-refractivity contribution in [3.8, 4) is 0 Å². The van der Waals surface area contributed by atoms with E-state index in [1.807, 2.05) is 0 Å². The fourth-order valence-electron chi connectivity index (χ4n) is 1.46. The van der Waals surface area contributed by atoms with E-state index in [2.05, 4.69) is 26.2 Å². The third-order valence-electron chi connectivity index (χ3n) is 2.15. The van der Waals surface area contributed by atoms with Crippen molar-refractivity contribution in [2.75, 3.05) is 11.9 Å². The van der Waals surface area contributed by atoms with Crippen LogP contribution in [0.25, 0.3) is 11.1 Å². The smallest absolute Gasteiger partial charge is 0.411 e. The van der Waals surface area contributed by atoms with Crippen molar-refractivity contribution in [3.63, 3.8) is 0 Å². The lowest BCUT2D eigenvalue weighted by Gasteiger charge is -2.03. The maximum Gasteiger partial charge on any atom is 0.411 e. The molecule has 6 nitrogen and oxygen atoms in total. The highest BCUT2D eigenvalue weighted by atomic mass is 79.9. The first kappa shape index (κ1) is 12.6. The Kier molecular flexibility index (Phi) is 3.61. The zero-order chi connectivity index (χ0) is 13.1. The lowest BCUT2D eigenvalue weighted by atomic mass is 10.2. The molecule has 0 aliphatic rings. The number of fused-ring (bicyclic) bond motifs is 1. The highest BCUT2D eigenvalue weighted by Crippen LogP contribution is 2.30. The van der Waals surface area contributed by atoms with E-state index < -0.39 is 6.09 Å². The van der Waals surface area contributed by atoms with Gasteiger partial charge in [0, 0.05) is 10.7 Å². The van der Waals surface area contributed by atoms with Crippen LogP contribution in [0.5, 0.6) is 0 Å². The lowest BCUT2D eigenvalue weighted by molar-refractivity contribution is 0.110. The fraction of sp³-hybridized carbons (Fsp3) is 0.182. The average molecular weight is 313 g/mol. The lowest BCUT2D eigenvalue weighted by Crippen LogP contribution is -2.13.